The van der Waals surface area contributed by atoms with Gasteiger partial charge in [-0.1, -0.05) is 74.2 Å². The van der Waals surface area contributed by atoms with Gasteiger partial charge in [0.2, 0.25) is 5.91 Å². The molecule has 1 amide bonds. The Bertz CT molecular complexity index is 1770. The Morgan fingerprint density at radius 2 is 1.87 bits per heavy atom. The average Bonchev–Trinajstić information content (AvgIpc) is 3.64. The van der Waals surface area contributed by atoms with E-state index in [2.05, 4.69) is 51.1 Å². The molecule has 1 N–H and O–H groups in total. The number of halogens is 3. The molecule has 3 aromatic carbocycles. The van der Waals surface area contributed by atoms with Crippen molar-refractivity contribution in [1.29, 1.82) is 0 Å². The highest BCUT2D eigenvalue weighted by molar-refractivity contribution is 8.15. The Balaban J connectivity index is 1.13. The summed E-state index contributed by atoms with van der Waals surface area (Å²) in [4.78, 5) is 23.4. The lowest BCUT2D eigenvalue weighted by Crippen LogP contribution is -2.32. The number of carbonyl (C=O) groups excluding carboxylic acids is 1. The molecule has 8 nitrogen and oxygen atoms in total. The summed E-state index contributed by atoms with van der Waals surface area (Å²) < 4.78 is 42.6. The van der Waals surface area contributed by atoms with Crippen molar-refractivity contribution in [2.24, 2.45) is 4.99 Å². The molecular formula is C33H31F3N6O2S2. The molecule has 238 valence electrons. The van der Waals surface area contributed by atoms with Crippen molar-refractivity contribution < 1.29 is 22.7 Å². The lowest BCUT2D eigenvalue weighted by atomic mass is 9.99. The standard InChI is InChI=1S/C33H31F3N6O2S2/c1-21(2)27-16-7-22(3)18-28(27)42-29(43)19-46-32(42)39-31(45)37-17-5-4-6-23-8-10-24(11-9-23)30-38-20-41(40-30)25-12-14-26(15-13-25)44-33(34,35)36/h4,6-16,18,20-21H,5,17,19H2,1-3H3,(H,37,45)/b6-4+,39-32?. The largest absolute Gasteiger partial charge is 0.573 e. The van der Waals surface area contributed by atoms with Gasteiger partial charge in [0.15, 0.2) is 16.1 Å². The molecule has 13 heteroatoms. The van der Waals surface area contributed by atoms with Crippen LogP contribution in [0.5, 0.6) is 5.75 Å². The number of nitrogens with one attached hydrogen (secondary N) is 1. The molecule has 0 atom stereocenters. The first-order valence-corrected chi connectivity index (χ1v) is 15.8. The summed E-state index contributed by atoms with van der Waals surface area (Å²) in [5.41, 5.74) is 5.35. The third-order valence-electron chi connectivity index (χ3n) is 6.90. The number of anilines is 1. The van der Waals surface area contributed by atoms with Crippen LogP contribution >= 0.6 is 24.0 Å². The number of thiocarbonyl (C=S) groups is 1. The van der Waals surface area contributed by atoms with E-state index in [1.165, 1.54) is 47.0 Å². The highest BCUT2D eigenvalue weighted by atomic mass is 32.2. The minimum absolute atomic E-state index is 0.00900. The number of carbonyl (C=O) groups is 1. The average molecular weight is 665 g/mol. The molecule has 1 aromatic heterocycles. The van der Waals surface area contributed by atoms with E-state index in [1.807, 2.05) is 49.4 Å². The monoisotopic (exact) mass is 664 g/mol. The number of hydrogen-bond donors (Lipinski definition) is 1. The lowest BCUT2D eigenvalue weighted by molar-refractivity contribution is -0.274. The molecule has 1 aliphatic rings. The zero-order chi connectivity index (χ0) is 32.8. The topological polar surface area (TPSA) is 84.6 Å². The van der Waals surface area contributed by atoms with Gasteiger partial charge in [0, 0.05) is 12.1 Å². The Hall–Kier alpha value is -4.49. The first kappa shape index (κ1) is 32.9. The molecule has 0 radical (unpaired) electrons. The van der Waals surface area contributed by atoms with Gasteiger partial charge < -0.3 is 10.1 Å². The Morgan fingerprint density at radius 3 is 2.57 bits per heavy atom. The molecule has 0 unspecified atom stereocenters. The number of nitrogens with zero attached hydrogens (tertiary/aromatic N) is 5. The van der Waals surface area contributed by atoms with E-state index >= 15 is 0 Å². The van der Waals surface area contributed by atoms with Crippen LogP contribution in [0.15, 0.2) is 84.1 Å². The van der Waals surface area contributed by atoms with Gasteiger partial charge in [-0.15, -0.1) is 18.3 Å². The predicted molar refractivity (Wildman–Crippen MR) is 180 cm³/mol. The number of aryl methyl sites for hydroxylation is 1. The zero-order valence-corrected chi connectivity index (χ0v) is 26.9. The first-order valence-electron chi connectivity index (χ1n) is 14.4. The van der Waals surface area contributed by atoms with Crippen molar-refractivity contribution in [1.82, 2.24) is 20.1 Å². The van der Waals surface area contributed by atoms with E-state index in [-0.39, 0.29) is 17.6 Å². The molecule has 0 saturated carbocycles. The number of alkyl halides is 3. The van der Waals surface area contributed by atoms with Gasteiger partial charge in [-0.3, -0.25) is 9.69 Å². The third kappa shape index (κ3) is 8.40. The molecule has 2 heterocycles. The van der Waals surface area contributed by atoms with Crippen LogP contribution in [0.4, 0.5) is 18.9 Å². The highest BCUT2D eigenvalue weighted by Crippen LogP contribution is 2.34. The van der Waals surface area contributed by atoms with Crippen LogP contribution in [-0.2, 0) is 4.79 Å². The molecule has 46 heavy (non-hydrogen) atoms. The summed E-state index contributed by atoms with van der Waals surface area (Å²) in [6, 6.07) is 19.2. The fraction of sp³-hybridized carbons (Fsp3) is 0.242. The fourth-order valence-electron chi connectivity index (χ4n) is 4.69. The van der Waals surface area contributed by atoms with Crippen LogP contribution in [0.3, 0.4) is 0 Å². The quantitative estimate of drug-likeness (QED) is 0.145. The van der Waals surface area contributed by atoms with Gasteiger partial charge in [-0.25, -0.2) is 9.67 Å². The normalized spacial score (nSPS) is 14.5. The molecule has 1 aliphatic heterocycles. The maximum absolute atomic E-state index is 12.8. The Labute approximate surface area is 274 Å². The molecule has 0 bridgehead atoms. The number of aromatic nitrogens is 3. The van der Waals surface area contributed by atoms with Crippen molar-refractivity contribution in [2.45, 2.75) is 39.5 Å². The molecule has 0 spiro atoms. The minimum Gasteiger partial charge on any atom is -0.406 e. The number of rotatable bonds is 9. The third-order valence-corrected chi connectivity index (χ3v) is 8.06. The van der Waals surface area contributed by atoms with Gasteiger partial charge in [-0.2, -0.15) is 4.99 Å². The maximum atomic E-state index is 12.8. The van der Waals surface area contributed by atoms with Crippen LogP contribution in [0.25, 0.3) is 23.2 Å². The second-order valence-corrected chi connectivity index (χ2v) is 12.1. The lowest BCUT2D eigenvalue weighted by Gasteiger charge is -2.22. The summed E-state index contributed by atoms with van der Waals surface area (Å²) in [5, 5.41) is 8.50. The van der Waals surface area contributed by atoms with Crippen molar-refractivity contribution in [3.63, 3.8) is 0 Å². The number of hydrogen-bond acceptors (Lipinski definition) is 6. The summed E-state index contributed by atoms with van der Waals surface area (Å²) in [5.74, 6) is 0.742. The number of amides is 1. The molecule has 4 aromatic rings. The number of aliphatic imine (C=N–C) groups is 1. The van der Waals surface area contributed by atoms with Gasteiger partial charge in [0.1, 0.15) is 12.1 Å². The zero-order valence-electron chi connectivity index (χ0n) is 25.3. The Kier molecular flexibility index (Phi) is 10.2. The van der Waals surface area contributed by atoms with Crippen LogP contribution in [-0.4, -0.2) is 49.6 Å². The van der Waals surface area contributed by atoms with Crippen molar-refractivity contribution >= 4 is 51.9 Å². The van der Waals surface area contributed by atoms with Gasteiger partial charge in [0.05, 0.1) is 17.1 Å². The van der Waals surface area contributed by atoms with Crippen LogP contribution < -0.4 is 15.0 Å². The first-order chi connectivity index (χ1) is 22.0. The van der Waals surface area contributed by atoms with Gasteiger partial charge >= 0.3 is 6.36 Å². The summed E-state index contributed by atoms with van der Waals surface area (Å²) in [6.07, 6.45) is 1.48. The van der Waals surface area contributed by atoms with Gasteiger partial charge in [-0.05, 0) is 78.5 Å². The summed E-state index contributed by atoms with van der Waals surface area (Å²) >= 11 is 6.86. The molecular weight excluding hydrogens is 634 g/mol. The van der Waals surface area contributed by atoms with E-state index in [1.54, 1.807) is 4.90 Å². The molecule has 1 fully saturated rings. The minimum atomic E-state index is -4.75. The summed E-state index contributed by atoms with van der Waals surface area (Å²) in [6.45, 7) is 6.80. The van der Waals surface area contributed by atoms with Crippen LogP contribution in [0, 0.1) is 6.92 Å². The van der Waals surface area contributed by atoms with Crippen LogP contribution in [0.1, 0.15) is 42.9 Å². The Morgan fingerprint density at radius 1 is 1.13 bits per heavy atom. The predicted octanol–water partition coefficient (Wildman–Crippen LogP) is 7.68. The van der Waals surface area contributed by atoms with Crippen molar-refractivity contribution in [3.05, 3.63) is 95.8 Å². The maximum Gasteiger partial charge on any atom is 0.573 e. The molecule has 0 aliphatic carbocycles. The smallest absolute Gasteiger partial charge is 0.406 e. The molecule has 5 rings (SSSR count). The second-order valence-electron chi connectivity index (χ2n) is 10.7. The SMILES string of the molecule is Cc1ccc(C(C)C)c(N2C(=O)CSC2=NC(=S)NCC/C=C/c2ccc(-c3ncn(-c4ccc(OC(F)(F)F)cc4)n3)cc2)c1. The summed E-state index contributed by atoms with van der Waals surface area (Å²) in [7, 11) is 0. The number of thioether (sulfide) groups is 1. The fourth-order valence-corrected chi connectivity index (χ4v) is 5.80. The van der Waals surface area contributed by atoms with Crippen LogP contribution in [0.2, 0.25) is 0 Å². The van der Waals surface area contributed by atoms with E-state index in [4.69, 9.17) is 12.2 Å². The highest BCUT2D eigenvalue weighted by Gasteiger charge is 2.32. The van der Waals surface area contributed by atoms with Crippen molar-refractivity contribution in [2.75, 3.05) is 17.2 Å². The number of amidine groups is 1. The number of ether oxygens (including phenoxy) is 1. The second kappa shape index (κ2) is 14.3. The van der Waals surface area contributed by atoms with E-state index < -0.39 is 6.36 Å². The van der Waals surface area contributed by atoms with E-state index in [9.17, 15) is 18.0 Å². The number of benzene rings is 3. The van der Waals surface area contributed by atoms with E-state index in [0.29, 0.717) is 40.5 Å². The van der Waals surface area contributed by atoms with Gasteiger partial charge in [0.25, 0.3) is 0 Å². The van der Waals surface area contributed by atoms with E-state index in [0.717, 1.165) is 27.9 Å². The van der Waals surface area contributed by atoms with Crippen molar-refractivity contribution in [3.8, 4) is 22.8 Å². The molecule has 1 saturated heterocycles.